The number of nitrogens with zero attached hydrogens (tertiary/aromatic N) is 2. The standard InChI is InChI=1S/C11H20N2/c1-12-7-11(8-12)5-10(6-11)13(2)9-3-4-9/h9-10H,3-8H2,1-2H3. The highest BCUT2D eigenvalue weighted by molar-refractivity contribution is 5.07. The lowest BCUT2D eigenvalue weighted by Gasteiger charge is -2.60. The van der Waals surface area contributed by atoms with E-state index in [0.717, 1.165) is 17.5 Å². The maximum absolute atomic E-state index is 2.64. The summed E-state index contributed by atoms with van der Waals surface area (Å²) < 4.78 is 0. The molecule has 3 aliphatic rings. The summed E-state index contributed by atoms with van der Waals surface area (Å²) in [6.07, 6.45) is 5.87. The molecular weight excluding hydrogens is 160 g/mol. The van der Waals surface area contributed by atoms with Crippen LogP contribution < -0.4 is 0 Å². The molecule has 0 aromatic heterocycles. The fourth-order valence-electron chi connectivity index (χ4n) is 3.36. The Balaban J connectivity index is 1.51. The Kier molecular flexibility index (Phi) is 1.58. The highest BCUT2D eigenvalue weighted by Gasteiger charge is 2.53. The van der Waals surface area contributed by atoms with E-state index in [1.165, 1.54) is 38.8 Å². The van der Waals surface area contributed by atoms with E-state index in [4.69, 9.17) is 0 Å². The van der Waals surface area contributed by atoms with Gasteiger partial charge in [-0.25, -0.2) is 0 Å². The molecule has 3 fully saturated rings. The Morgan fingerprint density at radius 1 is 1.15 bits per heavy atom. The van der Waals surface area contributed by atoms with Crippen LogP contribution in [0.15, 0.2) is 0 Å². The van der Waals surface area contributed by atoms with Gasteiger partial charge in [0.2, 0.25) is 0 Å². The van der Waals surface area contributed by atoms with Crippen LogP contribution >= 0.6 is 0 Å². The van der Waals surface area contributed by atoms with Crippen LogP contribution in [0.2, 0.25) is 0 Å². The van der Waals surface area contributed by atoms with Crippen LogP contribution in [0.4, 0.5) is 0 Å². The lowest BCUT2D eigenvalue weighted by atomic mass is 9.60. The van der Waals surface area contributed by atoms with Crippen LogP contribution in [-0.2, 0) is 0 Å². The summed E-state index contributed by atoms with van der Waals surface area (Å²) >= 11 is 0. The van der Waals surface area contributed by atoms with E-state index in [-0.39, 0.29) is 0 Å². The maximum atomic E-state index is 2.64. The van der Waals surface area contributed by atoms with E-state index in [0.29, 0.717) is 0 Å². The molecule has 0 atom stereocenters. The first kappa shape index (κ1) is 8.25. The van der Waals surface area contributed by atoms with Crippen LogP contribution in [-0.4, -0.2) is 49.1 Å². The first-order chi connectivity index (χ1) is 6.19. The normalized spacial score (nSPS) is 33.5. The molecule has 1 saturated heterocycles. The van der Waals surface area contributed by atoms with Crippen LogP contribution in [0.1, 0.15) is 25.7 Å². The molecule has 3 rings (SSSR count). The molecule has 1 heterocycles. The van der Waals surface area contributed by atoms with E-state index in [9.17, 15) is 0 Å². The molecule has 13 heavy (non-hydrogen) atoms. The Labute approximate surface area is 80.9 Å². The second-order valence-corrected chi connectivity index (χ2v) is 5.63. The molecule has 0 bridgehead atoms. The van der Waals surface area contributed by atoms with Crippen molar-refractivity contribution >= 4 is 0 Å². The summed E-state index contributed by atoms with van der Waals surface area (Å²) in [4.78, 5) is 5.09. The predicted molar refractivity (Wildman–Crippen MR) is 53.7 cm³/mol. The molecule has 74 valence electrons. The summed E-state index contributed by atoms with van der Waals surface area (Å²) in [7, 11) is 4.57. The third kappa shape index (κ3) is 1.23. The van der Waals surface area contributed by atoms with Crippen molar-refractivity contribution in [1.82, 2.24) is 9.80 Å². The zero-order chi connectivity index (χ0) is 9.05. The van der Waals surface area contributed by atoms with E-state index in [2.05, 4.69) is 23.9 Å². The highest BCUT2D eigenvalue weighted by Crippen LogP contribution is 2.50. The number of hydrogen-bond acceptors (Lipinski definition) is 2. The third-order valence-corrected chi connectivity index (χ3v) is 4.25. The molecule has 0 N–H and O–H groups in total. The van der Waals surface area contributed by atoms with Crippen molar-refractivity contribution in [2.75, 3.05) is 27.2 Å². The van der Waals surface area contributed by atoms with Gasteiger partial charge in [-0.2, -0.15) is 0 Å². The minimum Gasteiger partial charge on any atom is -0.305 e. The Morgan fingerprint density at radius 3 is 2.23 bits per heavy atom. The summed E-state index contributed by atoms with van der Waals surface area (Å²) in [5, 5.41) is 0. The van der Waals surface area contributed by atoms with Gasteiger partial charge in [0.05, 0.1) is 0 Å². The van der Waals surface area contributed by atoms with Crippen molar-refractivity contribution in [3.05, 3.63) is 0 Å². The fraction of sp³-hybridized carbons (Fsp3) is 1.00. The first-order valence-electron chi connectivity index (χ1n) is 5.59. The average Bonchev–Trinajstić information content (AvgIpc) is 2.73. The lowest BCUT2D eigenvalue weighted by molar-refractivity contribution is -0.0948. The molecule has 1 aliphatic heterocycles. The third-order valence-electron chi connectivity index (χ3n) is 4.25. The average molecular weight is 180 g/mol. The highest BCUT2D eigenvalue weighted by atomic mass is 15.2. The van der Waals surface area contributed by atoms with Crippen molar-refractivity contribution in [2.24, 2.45) is 5.41 Å². The molecule has 0 unspecified atom stereocenters. The van der Waals surface area contributed by atoms with Crippen molar-refractivity contribution < 1.29 is 0 Å². The van der Waals surface area contributed by atoms with E-state index in [1.807, 2.05) is 0 Å². The molecule has 0 aromatic carbocycles. The smallest absolute Gasteiger partial charge is 0.0108 e. The minimum atomic E-state index is 0.766. The van der Waals surface area contributed by atoms with Gasteiger partial charge in [0.25, 0.3) is 0 Å². The summed E-state index contributed by atoms with van der Waals surface area (Å²) in [5.74, 6) is 0. The fourth-order valence-corrected chi connectivity index (χ4v) is 3.36. The molecular formula is C11H20N2. The summed E-state index contributed by atoms with van der Waals surface area (Å²) in [5.41, 5.74) is 0.766. The molecule has 2 heteroatoms. The van der Waals surface area contributed by atoms with Gasteiger partial charge in [-0.1, -0.05) is 0 Å². The van der Waals surface area contributed by atoms with Crippen molar-refractivity contribution in [3.63, 3.8) is 0 Å². The van der Waals surface area contributed by atoms with Crippen molar-refractivity contribution in [1.29, 1.82) is 0 Å². The Bertz CT molecular complexity index is 208. The predicted octanol–water partition coefficient (Wildman–Crippen LogP) is 1.17. The van der Waals surface area contributed by atoms with Gasteiger partial charge in [-0.05, 0) is 45.2 Å². The van der Waals surface area contributed by atoms with Gasteiger partial charge in [0.1, 0.15) is 0 Å². The largest absolute Gasteiger partial charge is 0.305 e. The molecule has 2 aliphatic carbocycles. The van der Waals surface area contributed by atoms with Crippen LogP contribution in [0, 0.1) is 5.41 Å². The van der Waals surface area contributed by atoms with Gasteiger partial charge in [-0.15, -0.1) is 0 Å². The Hall–Kier alpha value is -0.0800. The van der Waals surface area contributed by atoms with Gasteiger partial charge in [0, 0.05) is 25.2 Å². The van der Waals surface area contributed by atoms with E-state index >= 15 is 0 Å². The van der Waals surface area contributed by atoms with Crippen molar-refractivity contribution in [2.45, 2.75) is 37.8 Å². The monoisotopic (exact) mass is 180 g/mol. The summed E-state index contributed by atoms with van der Waals surface area (Å²) in [6, 6.07) is 1.89. The second-order valence-electron chi connectivity index (χ2n) is 5.63. The quantitative estimate of drug-likeness (QED) is 0.629. The zero-order valence-corrected chi connectivity index (χ0v) is 8.79. The number of hydrogen-bond donors (Lipinski definition) is 0. The van der Waals surface area contributed by atoms with E-state index in [1.54, 1.807) is 0 Å². The molecule has 0 radical (unpaired) electrons. The molecule has 2 saturated carbocycles. The molecule has 2 nitrogen and oxygen atoms in total. The van der Waals surface area contributed by atoms with Gasteiger partial charge in [-0.3, -0.25) is 0 Å². The molecule has 0 aromatic rings. The second kappa shape index (κ2) is 2.48. The summed E-state index contributed by atoms with van der Waals surface area (Å²) in [6.45, 7) is 2.73. The van der Waals surface area contributed by atoms with Gasteiger partial charge in [0.15, 0.2) is 0 Å². The Morgan fingerprint density at radius 2 is 1.77 bits per heavy atom. The van der Waals surface area contributed by atoms with Crippen LogP contribution in [0.3, 0.4) is 0 Å². The molecule has 0 amide bonds. The van der Waals surface area contributed by atoms with E-state index < -0.39 is 0 Å². The molecule has 1 spiro atoms. The minimum absolute atomic E-state index is 0.766. The van der Waals surface area contributed by atoms with Crippen LogP contribution in [0.25, 0.3) is 0 Å². The SMILES string of the molecule is CN1CC2(CC(N(C)C3CC3)C2)C1. The van der Waals surface area contributed by atoms with Gasteiger partial charge >= 0.3 is 0 Å². The lowest BCUT2D eigenvalue weighted by Crippen LogP contribution is -2.65. The zero-order valence-electron chi connectivity index (χ0n) is 8.79. The van der Waals surface area contributed by atoms with Gasteiger partial charge < -0.3 is 9.80 Å². The van der Waals surface area contributed by atoms with Crippen molar-refractivity contribution in [3.8, 4) is 0 Å². The maximum Gasteiger partial charge on any atom is 0.0108 e. The first-order valence-corrected chi connectivity index (χ1v) is 5.59. The van der Waals surface area contributed by atoms with Crippen LogP contribution in [0.5, 0.6) is 0 Å². The number of rotatable bonds is 2. The number of likely N-dealkylation sites (tertiary alicyclic amines) is 1. The topological polar surface area (TPSA) is 6.48 Å².